The zero-order valence-corrected chi connectivity index (χ0v) is 25.7. The minimum atomic E-state index is -3.13. The average Bonchev–Trinajstić information content (AvgIpc) is 3.25. The molecule has 3 aromatic carbocycles. The summed E-state index contributed by atoms with van der Waals surface area (Å²) in [5, 5.41) is 0. The van der Waals surface area contributed by atoms with Gasteiger partial charge in [0.05, 0.1) is 17.1 Å². The summed E-state index contributed by atoms with van der Waals surface area (Å²) in [5.41, 5.74) is 5.01. The molecule has 1 heterocycles. The Labute approximate surface area is 245 Å². The molecule has 4 rings (SSSR count). The maximum atomic E-state index is 14.0. The number of hydrogen-bond acceptors (Lipinski definition) is 2. The Morgan fingerprint density at radius 1 is 0.659 bits per heavy atom. The molecule has 0 bridgehead atoms. The van der Waals surface area contributed by atoms with Crippen LogP contribution in [0.3, 0.4) is 0 Å². The van der Waals surface area contributed by atoms with Gasteiger partial charge in [-0.15, -0.1) is 0 Å². The van der Waals surface area contributed by atoms with Crippen LogP contribution in [0.2, 0.25) is 0 Å². The Balaban J connectivity index is 0.00000108. The van der Waals surface area contributed by atoms with Crippen LogP contribution < -0.4 is 5.69 Å². The van der Waals surface area contributed by atoms with Crippen molar-refractivity contribution >= 4 is 8.25 Å². The molecule has 0 aliphatic heterocycles. The van der Waals surface area contributed by atoms with Crippen molar-refractivity contribution in [3.63, 3.8) is 0 Å². The molecule has 1 aromatic heterocycles. The number of hydrogen-bond donors (Lipinski definition) is 2. The molecule has 0 aliphatic carbocycles. The predicted molar refractivity (Wildman–Crippen MR) is 171 cm³/mol. The van der Waals surface area contributed by atoms with Crippen molar-refractivity contribution < 1.29 is 14.4 Å². The Morgan fingerprint density at radius 3 is 1.59 bits per heavy atom. The van der Waals surface area contributed by atoms with Gasteiger partial charge in [0.2, 0.25) is 0 Å². The van der Waals surface area contributed by atoms with Gasteiger partial charge in [-0.25, -0.2) is 4.79 Å². The first kappa shape index (κ1) is 32.3. The number of para-hydroxylation sites is 1. The molecule has 2 N–H and O–H groups in total. The van der Waals surface area contributed by atoms with Gasteiger partial charge in [-0.1, -0.05) is 126 Å². The first-order chi connectivity index (χ1) is 19.7. The summed E-state index contributed by atoms with van der Waals surface area (Å²) in [4.78, 5) is 28.4. The second-order valence-corrected chi connectivity index (χ2v) is 11.7. The molecule has 0 unspecified atom stereocenters. The van der Waals surface area contributed by atoms with Gasteiger partial charge in [0.1, 0.15) is 0 Å². The van der Waals surface area contributed by atoms with Crippen molar-refractivity contribution in [2.75, 3.05) is 0 Å². The third kappa shape index (κ3) is 9.16. The van der Waals surface area contributed by atoms with Gasteiger partial charge >= 0.3 is 13.9 Å². The second kappa shape index (κ2) is 16.3. The van der Waals surface area contributed by atoms with Crippen LogP contribution in [-0.4, -0.2) is 18.9 Å². The van der Waals surface area contributed by atoms with Crippen molar-refractivity contribution in [3.8, 4) is 28.2 Å². The van der Waals surface area contributed by atoms with Crippen molar-refractivity contribution in [2.24, 2.45) is 17.8 Å². The van der Waals surface area contributed by atoms with Crippen molar-refractivity contribution in [1.82, 2.24) is 9.13 Å². The number of nitrogens with zero attached hydrogens (tertiary/aromatic N) is 2. The molecular formula is C34H45N2O4P. The van der Waals surface area contributed by atoms with Gasteiger partial charge in [-0.2, -0.15) is 0 Å². The number of unbranched alkanes of at least 4 members (excludes halogenated alkanes) is 3. The molecule has 0 amide bonds. The van der Waals surface area contributed by atoms with Crippen LogP contribution in [-0.2, 0) is 11.1 Å². The van der Waals surface area contributed by atoms with Crippen LogP contribution in [0.15, 0.2) is 95.8 Å². The van der Waals surface area contributed by atoms with E-state index in [1.165, 1.54) is 19.3 Å². The fraction of sp³-hybridized carbons (Fsp3) is 0.382. The van der Waals surface area contributed by atoms with Gasteiger partial charge in [-0.3, -0.25) is 13.7 Å². The van der Waals surface area contributed by atoms with E-state index < -0.39 is 8.25 Å². The molecule has 0 spiro atoms. The van der Waals surface area contributed by atoms with Crippen LogP contribution in [0.1, 0.15) is 59.8 Å². The molecule has 0 fully saturated rings. The lowest BCUT2D eigenvalue weighted by Crippen LogP contribution is -2.24. The fourth-order valence-electron chi connectivity index (χ4n) is 5.76. The SMILES string of the molecule is CC(C)C(CCCCCCn1c(-c2ccccc2)c(-c2ccccc2)n(-c2ccccc2)c1=O)C(C)C.O=[PH](O)O. The van der Waals surface area contributed by atoms with E-state index >= 15 is 0 Å². The van der Waals surface area contributed by atoms with Gasteiger partial charge in [-0.05, 0) is 42.7 Å². The summed E-state index contributed by atoms with van der Waals surface area (Å²) in [7, 11) is -3.13. The molecular weight excluding hydrogens is 531 g/mol. The van der Waals surface area contributed by atoms with E-state index in [9.17, 15) is 4.79 Å². The molecule has 220 valence electrons. The minimum absolute atomic E-state index is 0.0311. The Morgan fingerprint density at radius 2 is 1.10 bits per heavy atom. The summed E-state index contributed by atoms with van der Waals surface area (Å²) in [6.45, 7) is 10.1. The monoisotopic (exact) mass is 576 g/mol. The third-order valence-electron chi connectivity index (χ3n) is 7.63. The fourth-order valence-corrected chi connectivity index (χ4v) is 5.76. The van der Waals surface area contributed by atoms with Crippen LogP contribution in [0.4, 0.5) is 0 Å². The normalized spacial score (nSPS) is 11.4. The smallest absolute Gasteiger partial charge is 0.326 e. The van der Waals surface area contributed by atoms with Crippen LogP contribution in [0.25, 0.3) is 28.2 Å². The van der Waals surface area contributed by atoms with Crippen LogP contribution >= 0.6 is 8.25 Å². The average molecular weight is 577 g/mol. The van der Waals surface area contributed by atoms with E-state index in [0.29, 0.717) is 0 Å². The van der Waals surface area contributed by atoms with Crippen LogP contribution in [0, 0.1) is 17.8 Å². The highest BCUT2D eigenvalue weighted by atomic mass is 31.1. The predicted octanol–water partition coefficient (Wildman–Crippen LogP) is 8.21. The molecule has 41 heavy (non-hydrogen) atoms. The number of imidazole rings is 1. The highest BCUT2D eigenvalue weighted by molar-refractivity contribution is 7.30. The van der Waals surface area contributed by atoms with Gasteiger partial charge in [0.25, 0.3) is 0 Å². The standard InChI is InChI=1S/C34H42N2O.H3O3P/c1-26(2)31(27(3)4)24-16-5-6-17-25-35-32(28-18-10-7-11-19-28)33(29-20-12-8-13-21-29)36(34(35)37)30-22-14-9-15-23-30;1-4(2)3/h7-15,18-23,26-27,31H,5-6,16-17,24-25H2,1-4H3;4H,(H2,1,2,3). The second-order valence-electron chi connectivity index (χ2n) is 11.2. The van der Waals surface area contributed by atoms with Crippen LogP contribution in [0.5, 0.6) is 0 Å². The quantitative estimate of drug-likeness (QED) is 0.131. The minimum Gasteiger partial charge on any atom is -0.326 e. The molecule has 6 nitrogen and oxygen atoms in total. The van der Waals surface area contributed by atoms with Gasteiger partial charge < -0.3 is 9.79 Å². The Kier molecular flexibility index (Phi) is 12.9. The highest BCUT2D eigenvalue weighted by Crippen LogP contribution is 2.34. The first-order valence-corrected chi connectivity index (χ1v) is 16.0. The number of benzene rings is 3. The lowest BCUT2D eigenvalue weighted by atomic mass is 9.82. The van der Waals surface area contributed by atoms with E-state index in [2.05, 4.69) is 64.1 Å². The van der Waals surface area contributed by atoms with Crippen molar-refractivity contribution in [3.05, 3.63) is 101 Å². The van der Waals surface area contributed by atoms with E-state index in [4.69, 9.17) is 14.4 Å². The molecule has 4 aromatic rings. The Bertz CT molecular complexity index is 1390. The largest absolute Gasteiger partial charge is 0.333 e. The summed E-state index contributed by atoms with van der Waals surface area (Å²) in [5.74, 6) is 2.27. The maximum absolute atomic E-state index is 14.0. The summed E-state index contributed by atoms with van der Waals surface area (Å²) in [6.07, 6.45) is 5.92. The van der Waals surface area contributed by atoms with E-state index in [-0.39, 0.29) is 5.69 Å². The molecule has 0 aliphatic rings. The molecule has 0 atom stereocenters. The van der Waals surface area contributed by atoms with Gasteiger partial charge in [0, 0.05) is 17.7 Å². The summed E-state index contributed by atoms with van der Waals surface area (Å²) in [6, 6.07) is 30.7. The summed E-state index contributed by atoms with van der Waals surface area (Å²) < 4.78 is 12.6. The molecule has 0 saturated heterocycles. The van der Waals surface area contributed by atoms with E-state index in [1.807, 2.05) is 63.7 Å². The van der Waals surface area contributed by atoms with Crippen molar-refractivity contribution in [1.29, 1.82) is 0 Å². The summed E-state index contributed by atoms with van der Waals surface area (Å²) >= 11 is 0. The Hall–Kier alpha value is -3.18. The van der Waals surface area contributed by atoms with Crippen molar-refractivity contribution in [2.45, 2.75) is 66.3 Å². The lowest BCUT2D eigenvalue weighted by Gasteiger charge is -2.24. The molecule has 0 saturated carbocycles. The van der Waals surface area contributed by atoms with E-state index in [0.717, 1.165) is 65.3 Å². The number of aromatic nitrogens is 2. The zero-order chi connectivity index (χ0) is 29.8. The lowest BCUT2D eigenvalue weighted by molar-refractivity contribution is 0.261. The highest BCUT2D eigenvalue weighted by Gasteiger charge is 2.23. The molecule has 0 radical (unpaired) electrons. The number of rotatable bonds is 12. The maximum Gasteiger partial charge on any atom is 0.333 e. The third-order valence-corrected chi connectivity index (χ3v) is 7.63. The zero-order valence-electron chi connectivity index (χ0n) is 24.7. The van der Waals surface area contributed by atoms with Gasteiger partial charge in [0.15, 0.2) is 0 Å². The molecule has 7 heteroatoms. The topological polar surface area (TPSA) is 84.5 Å². The van der Waals surface area contributed by atoms with E-state index in [1.54, 1.807) is 0 Å². The first-order valence-electron chi connectivity index (χ1n) is 14.7.